The third-order valence-electron chi connectivity index (χ3n) is 6.82. The monoisotopic (exact) mass is 554 g/mol. The van der Waals surface area contributed by atoms with Crippen molar-refractivity contribution in [3.8, 4) is 0 Å². The largest absolute Gasteiger partial charge is 0.453 e. The molecule has 4 aromatic carbocycles. The number of carbonyl (C=O) groups excluding carboxylic acids is 1. The minimum atomic E-state index is -0.674. The van der Waals surface area contributed by atoms with Gasteiger partial charge in [-0.25, -0.2) is 4.79 Å². The highest BCUT2D eigenvalue weighted by atomic mass is 32.2. The van der Waals surface area contributed by atoms with E-state index in [0.717, 1.165) is 16.0 Å². The highest BCUT2D eigenvalue weighted by Gasteiger charge is 2.48. The minimum Gasteiger partial charge on any atom is -0.453 e. The van der Waals surface area contributed by atoms with Crippen LogP contribution in [0.5, 0.6) is 0 Å². The molecular weight excluding hydrogens is 520 g/mol. The summed E-state index contributed by atoms with van der Waals surface area (Å²) in [6.45, 7) is 4.72. The molecule has 0 bridgehead atoms. The van der Waals surface area contributed by atoms with E-state index in [9.17, 15) is 4.79 Å². The SMILES string of the molecule is Cc1ccc(S[C@H]2O[C@@H](C)[C@@H](OC(=O)c3ccccc3)[C@@H](OCc3ccccc3)[C@@H]2OCc2ccccc2)cc1. The van der Waals surface area contributed by atoms with Crippen molar-refractivity contribution in [2.24, 2.45) is 0 Å². The van der Waals surface area contributed by atoms with Crippen LogP contribution in [-0.2, 0) is 32.2 Å². The Morgan fingerprint density at radius 3 is 1.80 bits per heavy atom. The molecule has 4 aromatic rings. The third kappa shape index (κ3) is 7.40. The van der Waals surface area contributed by atoms with Crippen LogP contribution in [0.2, 0.25) is 0 Å². The fraction of sp³-hybridized carbons (Fsp3) is 0.265. The van der Waals surface area contributed by atoms with Gasteiger partial charge in [0.15, 0.2) is 6.10 Å². The van der Waals surface area contributed by atoms with Gasteiger partial charge in [-0.2, -0.15) is 0 Å². The molecule has 206 valence electrons. The maximum atomic E-state index is 13.2. The zero-order valence-corrected chi connectivity index (χ0v) is 23.5. The van der Waals surface area contributed by atoms with E-state index in [4.69, 9.17) is 18.9 Å². The van der Waals surface area contributed by atoms with Crippen LogP contribution in [0, 0.1) is 6.92 Å². The summed E-state index contributed by atoms with van der Waals surface area (Å²) >= 11 is 1.60. The van der Waals surface area contributed by atoms with Crippen LogP contribution in [-0.4, -0.2) is 35.8 Å². The van der Waals surface area contributed by atoms with Gasteiger partial charge in [-0.3, -0.25) is 0 Å². The normalized spacial score (nSPS) is 22.5. The van der Waals surface area contributed by atoms with E-state index >= 15 is 0 Å². The molecule has 0 spiro atoms. The first-order valence-corrected chi connectivity index (χ1v) is 14.4. The predicted molar refractivity (Wildman–Crippen MR) is 157 cm³/mol. The molecule has 1 aliphatic rings. The highest BCUT2D eigenvalue weighted by Crippen LogP contribution is 2.38. The second-order valence-corrected chi connectivity index (χ2v) is 11.1. The van der Waals surface area contributed by atoms with Crippen molar-refractivity contribution >= 4 is 17.7 Å². The molecule has 0 amide bonds. The Kier molecular flexibility index (Phi) is 9.68. The minimum absolute atomic E-state index is 0.352. The number of hydrogen-bond acceptors (Lipinski definition) is 6. The Morgan fingerprint density at radius 2 is 1.23 bits per heavy atom. The summed E-state index contributed by atoms with van der Waals surface area (Å²) in [7, 11) is 0. The van der Waals surface area contributed by atoms with Crippen molar-refractivity contribution in [2.45, 2.75) is 61.8 Å². The summed E-state index contributed by atoms with van der Waals surface area (Å²) in [5.74, 6) is -0.416. The van der Waals surface area contributed by atoms with Crippen LogP contribution in [0.4, 0.5) is 0 Å². The first kappa shape index (κ1) is 28.1. The maximum absolute atomic E-state index is 13.2. The molecule has 5 rings (SSSR count). The average molecular weight is 555 g/mol. The molecule has 1 saturated heterocycles. The molecule has 5 atom stereocenters. The van der Waals surface area contributed by atoms with Crippen LogP contribution >= 0.6 is 11.8 Å². The van der Waals surface area contributed by atoms with Gasteiger partial charge in [-0.15, -0.1) is 0 Å². The quantitative estimate of drug-likeness (QED) is 0.193. The number of carbonyl (C=O) groups is 1. The van der Waals surface area contributed by atoms with E-state index in [1.165, 1.54) is 5.56 Å². The molecule has 1 fully saturated rings. The zero-order valence-electron chi connectivity index (χ0n) is 22.7. The van der Waals surface area contributed by atoms with Crippen molar-refractivity contribution < 1.29 is 23.7 Å². The molecule has 5 nitrogen and oxygen atoms in total. The highest BCUT2D eigenvalue weighted by molar-refractivity contribution is 7.99. The van der Waals surface area contributed by atoms with Gasteiger partial charge >= 0.3 is 5.97 Å². The number of rotatable bonds is 10. The molecule has 6 heteroatoms. The molecular formula is C34H34O5S. The number of esters is 1. The topological polar surface area (TPSA) is 54.0 Å². The number of hydrogen-bond donors (Lipinski definition) is 0. The number of thioether (sulfide) groups is 1. The smallest absolute Gasteiger partial charge is 0.338 e. The van der Waals surface area contributed by atoms with E-state index in [2.05, 4.69) is 31.2 Å². The molecule has 1 aliphatic heterocycles. The lowest BCUT2D eigenvalue weighted by molar-refractivity contribution is -0.228. The van der Waals surface area contributed by atoms with Gasteiger partial charge in [-0.1, -0.05) is 108 Å². The maximum Gasteiger partial charge on any atom is 0.338 e. The molecule has 40 heavy (non-hydrogen) atoms. The van der Waals surface area contributed by atoms with Crippen LogP contribution in [0.1, 0.15) is 34.0 Å². The Bertz CT molecular complexity index is 1330. The van der Waals surface area contributed by atoms with Crippen molar-refractivity contribution in [1.82, 2.24) is 0 Å². The first-order valence-electron chi connectivity index (χ1n) is 13.5. The van der Waals surface area contributed by atoms with Gasteiger partial charge in [0.1, 0.15) is 17.6 Å². The third-order valence-corrected chi connectivity index (χ3v) is 7.98. The van der Waals surface area contributed by atoms with Gasteiger partial charge < -0.3 is 18.9 Å². The predicted octanol–water partition coefficient (Wildman–Crippen LogP) is 7.23. The van der Waals surface area contributed by atoms with Gasteiger partial charge in [0, 0.05) is 4.90 Å². The van der Waals surface area contributed by atoms with Crippen LogP contribution in [0.3, 0.4) is 0 Å². The van der Waals surface area contributed by atoms with E-state index in [-0.39, 0.29) is 5.44 Å². The van der Waals surface area contributed by atoms with Crippen molar-refractivity contribution in [3.63, 3.8) is 0 Å². The summed E-state index contributed by atoms with van der Waals surface area (Å²) in [6.07, 6.45) is -2.18. The number of benzene rings is 4. The molecule has 0 saturated carbocycles. The molecule has 0 aromatic heterocycles. The number of ether oxygens (including phenoxy) is 4. The molecule has 0 aliphatic carbocycles. The lowest BCUT2D eigenvalue weighted by Gasteiger charge is -2.44. The van der Waals surface area contributed by atoms with E-state index in [1.54, 1.807) is 23.9 Å². The van der Waals surface area contributed by atoms with Gasteiger partial charge in [0.25, 0.3) is 0 Å². The van der Waals surface area contributed by atoms with Crippen molar-refractivity contribution in [1.29, 1.82) is 0 Å². The van der Waals surface area contributed by atoms with Gasteiger partial charge in [0.05, 0.1) is 24.9 Å². The second kappa shape index (κ2) is 13.8. The summed E-state index contributed by atoms with van der Waals surface area (Å²) in [5.41, 5.74) is 3.36. The van der Waals surface area contributed by atoms with Crippen molar-refractivity contribution in [2.75, 3.05) is 0 Å². The molecule has 0 N–H and O–H groups in total. The molecule has 0 unspecified atom stereocenters. The Labute approximate surface area is 240 Å². The lowest BCUT2D eigenvalue weighted by Crippen LogP contribution is -2.58. The van der Waals surface area contributed by atoms with E-state index in [1.807, 2.05) is 85.8 Å². The fourth-order valence-electron chi connectivity index (χ4n) is 4.65. The molecule has 0 radical (unpaired) electrons. The van der Waals surface area contributed by atoms with Crippen LogP contribution < -0.4 is 0 Å². The Balaban J connectivity index is 1.45. The number of aryl methyl sites for hydroxylation is 1. The summed E-state index contributed by atoms with van der Waals surface area (Å²) in [5, 5.41) is 0. The van der Waals surface area contributed by atoms with Crippen LogP contribution in [0.25, 0.3) is 0 Å². The average Bonchev–Trinajstić information content (AvgIpc) is 2.99. The summed E-state index contributed by atoms with van der Waals surface area (Å²) < 4.78 is 25.8. The molecule has 1 heterocycles. The first-order chi connectivity index (χ1) is 19.6. The van der Waals surface area contributed by atoms with Crippen LogP contribution in [0.15, 0.2) is 120 Å². The lowest BCUT2D eigenvalue weighted by atomic mass is 9.99. The Hall–Kier alpha value is -3.42. The summed E-state index contributed by atoms with van der Waals surface area (Å²) in [4.78, 5) is 14.3. The zero-order chi connectivity index (χ0) is 27.7. The standard InChI is InChI=1S/C34H34O5S/c1-24-18-20-29(21-19-24)40-34-32(37-23-27-14-8-4-9-15-27)31(36-22-26-12-6-3-7-13-26)30(25(2)38-34)39-33(35)28-16-10-5-11-17-28/h3-21,25,30-32,34H,22-23H2,1-2H3/t25-,30+,31+,32-,34+/m0/s1. The Morgan fingerprint density at radius 1 is 0.700 bits per heavy atom. The van der Waals surface area contributed by atoms with Gasteiger partial charge in [-0.05, 0) is 49.2 Å². The van der Waals surface area contributed by atoms with Crippen molar-refractivity contribution in [3.05, 3.63) is 138 Å². The van der Waals surface area contributed by atoms with Gasteiger partial charge in [0.2, 0.25) is 0 Å². The van der Waals surface area contributed by atoms with E-state index < -0.39 is 30.4 Å². The second-order valence-electron chi connectivity index (χ2n) is 9.90. The van der Waals surface area contributed by atoms with E-state index in [0.29, 0.717) is 18.8 Å². The summed E-state index contributed by atoms with van der Waals surface area (Å²) in [6, 6.07) is 37.4. The fourth-order valence-corrected chi connectivity index (χ4v) is 5.81.